The summed E-state index contributed by atoms with van der Waals surface area (Å²) in [5.41, 5.74) is 4.27. The summed E-state index contributed by atoms with van der Waals surface area (Å²) in [7, 11) is 3.29. The third kappa shape index (κ3) is 5.60. The maximum Gasteiger partial charge on any atom is 0.231 e. The molecule has 3 aromatic rings. The minimum Gasteiger partial charge on any atom is -0.493 e. The van der Waals surface area contributed by atoms with Gasteiger partial charge in [-0.2, -0.15) is 0 Å². The molecule has 2 heterocycles. The topological polar surface area (TPSA) is 66.4 Å². The molecule has 0 radical (unpaired) electrons. The van der Waals surface area contributed by atoms with Crippen molar-refractivity contribution in [2.24, 2.45) is 5.92 Å². The van der Waals surface area contributed by atoms with E-state index in [1.807, 2.05) is 60.7 Å². The van der Waals surface area contributed by atoms with Crippen LogP contribution in [0, 0.1) is 5.92 Å². The number of benzene rings is 3. The van der Waals surface area contributed by atoms with Crippen molar-refractivity contribution in [3.8, 4) is 23.0 Å². The van der Waals surface area contributed by atoms with Crippen LogP contribution in [0.2, 0.25) is 0 Å². The van der Waals surface area contributed by atoms with Gasteiger partial charge in [-0.3, -0.25) is 0 Å². The average molecular weight is 503 g/mol. The Labute approximate surface area is 218 Å². The zero-order chi connectivity index (χ0) is 25.6. The van der Waals surface area contributed by atoms with Crippen LogP contribution in [0.3, 0.4) is 0 Å². The van der Waals surface area contributed by atoms with E-state index in [9.17, 15) is 5.11 Å². The van der Waals surface area contributed by atoms with Crippen molar-refractivity contribution in [1.82, 2.24) is 0 Å². The number of allylic oxidation sites excluding steroid dienone is 1. The third-order valence-electron chi connectivity index (χ3n) is 7.19. The van der Waals surface area contributed by atoms with E-state index in [0.717, 1.165) is 47.8 Å². The lowest BCUT2D eigenvalue weighted by Crippen LogP contribution is -2.16. The molecule has 2 aliphatic heterocycles. The van der Waals surface area contributed by atoms with E-state index in [1.54, 1.807) is 14.2 Å². The first-order chi connectivity index (χ1) is 18.2. The summed E-state index contributed by atoms with van der Waals surface area (Å²) in [6.07, 6.45) is 6.98. The summed E-state index contributed by atoms with van der Waals surface area (Å²) in [5, 5.41) is 11.3. The van der Waals surface area contributed by atoms with Crippen molar-refractivity contribution < 1.29 is 28.8 Å². The Morgan fingerprint density at radius 3 is 2.32 bits per heavy atom. The molecule has 194 valence electrons. The van der Waals surface area contributed by atoms with E-state index in [0.29, 0.717) is 11.5 Å². The predicted octanol–water partition coefficient (Wildman–Crippen LogP) is 5.93. The van der Waals surface area contributed by atoms with Crippen LogP contribution in [0.5, 0.6) is 23.0 Å². The van der Waals surface area contributed by atoms with Gasteiger partial charge in [-0.25, -0.2) is 0 Å². The molecule has 1 aliphatic carbocycles. The van der Waals surface area contributed by atoms with Crippen molar-refractivity contribution in [1.29, 1.82) is 0 Å². The van der Waals surface area contributed by atoms with E-state index in [-0.39, 0.29) is 18.6 Å². The highest BCUT2D eigenvalue weighted by molar-refractivity contribution is 5.59. The highest BCUT2D eigenvalue weighted by Gasteiger charge is 2.37. The second-order valence-electron chi connectivity index (χ2n) is 9.45. The molecule has 3 aliphatic rings. The van der Waals surface area contributed by atoms with Gasteiger partial charge < -0.3 is 28.8 Å². The molecule has 0 amide bonds. The van der Waals surface area contributed by atoms with Crippen LogP contribution in [0.15, 0.2) is 66.7 Å². The molecule has 3 atom stereocenters. The van der Waals surface area contributed by atoms with E-state index < -0.39 is 6.10 Å². The number of aliphatic hydroxyl groups excluding tert-OH is 1. The van der Waals surface area contributed by atoms with Crippen LogP contribution < -0.4 is 18.9 Å². The zero-order valence-electron chi connectivity index (χ0n) is 21.4. The zero-order valence-corrected chi connectivity index (χ0v) is 21.4. The second kappa shape index (κ2) is 11.7. The van der Waals surface area contributed by atoms with Crippen molar-refractivity contribution in [3.63, 3.8) is 0 Å². The molecule has 0 unspecified atom stereocenters. The summed E-state index contributed by atoms with van der Waals surface area (Å²) >= 11 is 0. The summed E-state index contributed by atoms with van der Waals surface area (Å²) in [5.74, 6) is 2.94. The van der Waals surface area contributed by atoms with Gasteiger partial charge in [-0.05, 0) is 65.8 Å². The fraction of sp³-hybridized carbons (Fsp3) is 0.355. The van der Waals surface area contributed by atoms with Crippen LogP contribution in [-0.4, -0.2) is 39.3 Å². The van der Waals surface area contributed by atoms with Crippen LogP contribution in [0.25, 0.3) is 6.08 Å². The number of rotatable bonds is 6. The van der Waals surface area contributed by atoms with E-state index in [4.69, 9.17) is 23.7 Å². The molecule has 0 spiro atoms. The van der Waals surface area contributed by atoms with Gasteiger partial charge in [0, 0.05) is 25.0 Å². The number of aliphatic hydroxyl groups is 1. The number of fused-ring (bicyclic) bond motifs is 2. The Morgan fingerprint density at radius 1 is 0.892 bits per heavy atom. The Kier molecular flexibility index (Phi) is 7.97. The molecule has 6 heteroatoms. The number of hydrogen-bond acceptors (Lipinski definition) is 6. The van der Waals surface area contributed by atoms with Gasteiger partial charge in [0.15, 0.2) is 23.0 Å². The normalized spacial score (nSPS) is 20.3. The highest BCUT2D eigenvalue weighted by atomic mass is 16.7. The van der Waals surface area contributed by atoms with Gasteiger partial charge in [0.25, 0.3) is 0 Å². The van der Waals surface area contributed by atoms with Gasteiger partial charge >= 0.3 is 0 Å². The molecular weight excluding hydrogens is 468 g/mol. The maximum atomic E-state index is 11.3. The maximum absolute atomic E-state index is 11.3. The molecule has 1 saturated heterocycles. The Morgan fingerprint density at radius 2 is 1.62 bits per heavy atom. The Hall–Kier alpha value is -3.48. The van der Waals surface area contributed by atoms with Crippen molar-refractivity contribution in [2.45, 2.75) is 31.3 Å². The van der Waals surface area contributed by atoms with Crippen LogP contribution >= 0.6 is 0 Å². The fourth-order valence-electron chi connectivity index (χ4n) is 5.23. The van der Waals surface area contributed by atoms with Gasteiger partial charge in [-0.15, -0.1) is 0 Å². The Balaban J connectivity index is 0.000000503. The number of hydrogen-bond donors (Lipinski definition) is 1. The molecule has 6 nitrogen and oxygen atoms in total. The minimum atomic E-state index is -0.591. The first kappa shape index (κ1) is 25.2. The third-order valence-corrected chi connectivity index (χ3v) is 7.19. The molecule has 0 saturated carbocycles. The molecule has 1 N–H and O–H groups in total. The molecule has 0 aromatic heterocycles. The van der Waals surface area contributed by atoms with Gasteiger partial charge in [0.05, 0.1) is 20.3 Å². The smallest absolute Gasteiger partial charge is 0.231 e. The molecule has 0 bridgehead atoms. The van der Waals surface area contributed by atoms with Gasteiger partial charge in [0.2, 0.25) is 6.79 Å². The number of ether oxygens (including phenoxy) is 5. The monoisotopic (exact) mass is 502 g/mol. The molecule has 3 aromatic carbocycles. The summed E-state index contributed by atoms with van der Waals surface area (Å²) in [6.45, 7) is 2.26. The quantitative estimate of drug-likeness (QED) is 0.451. The summed E-state index contributed by atoms with van der Waals surface area (Å²) in [4.78, 5) is 0. The lowest BCUT2D eigenvalue weighted by molar-refractivity contribution is 0.106. The Bertz CT molecular complexity index is 1210. The van der Waals surface area contributed by atoms with Crippen molar-refractivity contribution in [3.05, 3.63) is 89.0 Å². The van der Waals surface area contributed by atoms with Crippen LogP contribution in [-0.2, 0) is 11.2 Å². The average Bonchev–Trinajstić information content (AvgIpc) is 3.73. The minimum absolute atomic E-state index is 0.00512. The SMILES string of the molecule is C1CCOC1.COc1cc2c(cc1OC)[C@@H](/C=C/c1ccc3c(c1)OCO3)[C@H]([C@H](O)c1ccccc1)C2. The van der Waals surface area contributed by atoms with E-state index in [2.05, 4.69) is 12.2 Å². The summed E-state index contributed by atoms with van der Waals surface area (Å²) in [6, 6.07) is 19.8. The van der Waals surface area contributed by atoms with Crippen LogP contribution in [0.1, 0.15) is 47.1 Å². The first-order valence-electron chi connectivity index (χ1n) is 12.8. The van der Waals surface area contributed by atoms with E-state index >= 15 is 0 Å². The van der Waals surface area contributed by atoms with Gasteiger partial charge in [-0.1, -0.05) is 48.6 Å². The predicted molar refractivity (Wildman–Crippen MR) is 143 cm³/mol. The molecule has 6 rings (SSSR count). The molecular formula is C31H34O6. The van der Waals surface area contributed by atoms with E-state index in [1.165, 1.54) is 18.4 Å². The second-order valence-corrected chi connectivity index (χ2v) is 9.45. The van der Waals surface area contributed by atoms with Crippen molar-refractivity contribution >= 4 is 6.08 Å². The van der Waals surface area contributed by atoms with Crippen LogP contribution in [0.4, 0.5) is 0 Å². The largest absolute Gasteiger partial charge is 0.493 e. The fourth-order valence-corrected chi connectivity index (χ4v) is 5.23. The highest BCUT2D eigenvalue weighted by Crippen LogP contribution is 2.48. The molecule has 1 fully saturated rings. The summed E-state index contributed by atoms with van der Waals surface area (Å²) < 4.78 is 27.0. The molecule has 37 heavy (non-hydrogen) atoms. The lowest BCUT2D eigenvalue weighted by atomic mass is 9.84. The van der Waals surface area contributed by atoms with Crippen molar-refractivity contribution in [2.75, 3.05) is 34.2 Å². The standard InChI is InChI=1S/C27H26O5.C4H8O/c1-29-24-14-19-13-22(27(28)18-6-4-3-5-7-18)20(21(19)15-25(24)30-2)10-8-17-9-11-23-26(12-17)32-16-31-23;1-2-4-5-3-1/h3-12,14-15,20,22,27-28H,13,16H2,1-2H3;1-4H2/b10-8+;/t20-,22-,27-;/m1./s1. The lowest BCUT2D eigenvalue weighted by Gasteiger charge is -2.24. The van der Waals surface area contributed by atoms with Gasteiger partial charge in [0.1, 0.15) is 0 Å². The number of methoxy groups -OCH3 is 2. The first-order valence-corrected chi connectivity index (χ1v) is 12.8.